The third-order valence-corrected chi connectivity index (χ3v) is 4.90. The molecule has 0 bridgehead atoms. The lowest BCUT2D eigenvalue weighted by Crippen LogP contribution is -2.40. The average Bonchev–Trinajstić information content (AvgIpc) is 2.55. The molecule has 1 aromatic carbocycles. The number of carbonyl (C=O) groups excluding carboxylic acids is 2. The van der Waals surface area contributed by atoms with Gasteiger partial charge < -0.3 is 10.0 Å². The van der Waals surface area contributed by atoms with E-state index in [4.69, 9.17) is 5.11 Å². The van der Waals surface area contributed by atoms with E-state index in [-0.39, 0.29) is 24.0 Å². The monoisotopic (exact) mass is 335 g/mol. The number of likely N-dealkylation sites (tertiary alicyclic amines) is 1. The molecular weight excluding hydrogens is 314 g/mol. The summed E-state index contributed by atoms with van der Waals surface area (Å²) in [6.07, 6.45) is 1.67. The summed E-state index contributed by atoms with van der Waals surface area (Å²) in [4.78, 5) is 36.5. The second-order valence-electron chi connectivity index (χ2n) is 5.70. The number of amides is 1. The minimum Gasteiger partial charge on any atom is -0.481 e. The van der Waals surface area contributed by atoms with Gasteiger partial charge in [-0.15, -0.1) is 11.8 Å². The molecular formula is C17H21NO4S. The van der Waals surface area contributed by atoms with Crippen LogP contribution in [0.25, 0.3) is 0 Å². The molecule has 0 aromatic heterocycles. The highest BCUT2D eigenvalue weighted by atomic mass is 32.2. The van der Waals surface area contributed by atoms with Crippen molar-refractivity contribution >= 4 is 29.4 Å². The predicted octanol–water partition coefficient (Wildman–Crippen LogP) is 2.32. The molecule has 5 nitrogen and oxygen atoms in total. The number of carboxylic acids is 1. The summed E-state index contributed by atoms with van der Waals surface area (Å²) in [5.74, 6) is 0.0507. The largest absolute Gasteiger partial charge is 0.481 e. The van der Waals surface area contributed by atoms with Crippen molar-refractivity contribution in [2.24, 2.45) is 5.92 Å². The van der Waals surface area contributed by atoms with Crippen LogP contribution in [0.5, 0.6) is 0 Å². The van der Waals surface area contributed by atoms with Gasteiger partial charge in [-0.25, -0.2) is 0 Å². The lowest BCUT2D eigenvalue weighted by atomic mass is 9.94. The van der Waals surface area contributed by atoms with Crippen molar-refractivity contribution in [3.63, 3.8) is 0 Å². The molecule has 124 valence electrons. The van der Waals surface area contributed by atoms with Crippen LogP contribution in [0.1, 0.15) is 29.6 Å². The molecule has 0 spiro atoms. The SMILES string of the molecule is O=C(O)CC1CCN(C(=O)CSCC(=O)c2ccccc2)CC1. The second-order valence-corrected chi connectivity index (χ2v) is 6.69. The Morgan fingerprint density at radius 2 is 1.74 bits per heavy atom. The topological polar surface area (TPSA) is 74.7 Å². The number of aliphatic carboxylic acids is 1. The van der Waals surface area contributed by atoms with Crippen LogP contribution in [0, 0.1) is 5.92 Å². The van der Waals surface area contributed by atoms with Crippen LogP contribution in [0.3, 0.4) is 0 Å². The molecule has 1 heterocycles. The number of Topliss-reactive ketones (excluding diaryl/α,β-unsaturated/α-hetero) is 1. The number of hydrogen-bond acceptors (Lipinski definition) is 4. The number of thioether (sulfide) groups is 1. The van der Waals surface area contributed by atoms with E-state index < -0.39 is 5.97 Å². The zero-order valence-corrected chi connectivity index (χ0v) is 13.8. The van der Waals surface area contributed by atoms with Crippen LogP contribution in [0.15, 0.2) is 30.3 Å². The smallest absolute Gasteiger partial charge is 0.303 e. The lowest BCUT2D eigenvalue weighted by molar-refractivity contribution is -0.138. The highest BCUT2D eigenvalue weighted by Gasteiger charge is 2.24. The Morgan fingerprint density at radius 1 is 1.09 bits per heavy atom. The molecule has 2 rings (SSSR count). The number of ketones is 1. The lowest BCUT2D eigenvalue weighted by Gasteiger charge is -2.31. The van der Waals surface area contributed by atoms with E-state index in [1.807, 2.05) is 18.2 Å². The molecule has 23 heavy (non-hydrogen) atoms. The van der Waals surface area contributed by atoms with Gasteiger partial charge in [-0.1, -0.05) is 30.3 Å². The first-order valence-electron chi connectivity index (χ1n) is 7.72. The van der Waals surface area contributed by atoms with E-state index in [1.54, 1.807) is 17.0 Å². The Bertz CT molecular complexity index is 553. The van der Waals surface area contributed by atoms with E-state index >= 15 is 0 Å². The van der Waals surface area contributed by atoms with E-state index in [1.165, 1.54) is 11.8 Å². The van der Waals surface area contributed by atoms with Gasteiger partial charge in [0.15, 0.2) is 5.78 Å². The zero-order chi connectivity index (χ0) is 16.7. The Hall–Kier alpha value is -1.82. The maximum atomic E-state index is 12.1. The highest BCUT2D eigenvalue weighted by Crippen LogP contribution is 2.21. The zero-order valence-electron chi connectivity index (χ0n) is 12.9. The number of carbonyl (C=O) groups is 3. The molecule has 1 fully saturated rings. The molecule has 0 saturated carbocycles. The molecule has 1 amide bonds. The Morgan fingerprint density at radius 3 is 2.35 bits per heavy atom. The number of rotatable bonds is 7. The fraction of sp³-hybridized carbons (Fsp3) is 0.471. The maximum absolute atomic E-state index is 12.1. The van der Waals surface area contributed by atoms with E-state index in [0.717, 1.165) is 12.8 Å². The fourth-order valence-electron chi connectivity index (χ4n) is 2.66. The third kappa shape index (κ3) is 5.71. The van der Waals surface area contributed by atoms with Gasteiger partial charge in [-0.05, 0) is 18.8 Å². The van der Waals surface area contributed by atoms with Crippen molar-refractivity contribution in [2.75, 3.05) is 24.6 Å². The fourth-order valence-corrected chi connectivity index (χ4v) is 3.47. The van der Waals surface area contributed by atoms with Crippen LogP contribution in [0.2, 0.25) is 0 Å². The van der Waals surface area contributed by atoms with Crippen molar-refractivity contribution in [2.45, 2.75) is 19.3 Å². The van der Waals surface area contributed by atoms with Crippen molar-refractivity contribution in [1.29, 1.82) is 0 Å². The molecule has 1 aliphatic rings. The minimum absolute atomic E-state index is 0.0311. The Kier molecular flexibility index (Phi) is 6.65. The van der Waals surface area contributed by atoms with Gasteiger partial charge >= 0.3 is 5.97 Å². The van der Waals surface area contributed by atoms with Gasteiger partial charge in [-0.3, -0.25) is 14.4 Å². The maximum Gasteiger partial charge on any atom is 0.303 e. The molecule has 0 unspecified atom stereocenters. The van der Waals surface area contributed by atoms with Crippen LogP contribution < -0.4 is 0 Å². The average molecular weight is 335 g/mol. The number of nitrogens with zero attached hydrogens (tertiary/aromatic N) is 1. The minimum atomic E-state index is -0.773. The Labute approximate surface area is 140 Å². The predicted molar refractivity (Wildman–Crippen MR) is 89.7 cm³/mol. The van der Waals surface area contributed by atoms with E-state index in [0.29, 0.717) is 30.2 Å². The van der Waals surface area contributed by atoms with Crippen LogP contribution in [-0.2, 0) is 9.59 Å². The second kappa shape index (κ2) is 8.72. The molecule has 0 atom stereocenters. The molecule has 1 N–H and O–H groups in total. The van der Waals surface area contributed by atoms with E-state index in [2.05, 4.69) is 0 Å². The number of carboxylic acid groups (broad SMARTS) is 1. The summed E-state index contributed by atoms with van der Waals surface area (Å²) in [5, 5.41) is 8.79. The highest BCUT2D eigenvalue weighted by molar-refractivity contribution is 8.00. The van der Waals surface area contributed by atoms with Crippen molar-refractivity contribution in [3.05, 3.63) is 35.9 Å². The molecule has 6 heteroatoms. The summed E-state index contributed by atoms with van der Waals surface area (Å²) in [7, 11) is 0. The first-order chi connectivity index (χ1) is 11.1. The van der Waals surface area contributed by atoms with Gasteiger partial charge in [0.05, 0.1) is 11.5 Å². The van der Waals surface area contributed by atoms with Crippen molar-refractivity contribution in [3.8, 4) is 0 Å². The molecule has 0 aliphatic carbocycles. The molecule has 1 aliphatic heterocycles. The van der Waals surface area contributed by atoms with Crippen LogP contribution >= 0.6 is 11.8 Å². The standard InChI is InChI=1S/C17H21NO4S/c19-15(14-4-2-1-3-5-14)11-23-12-16(20)18-8-6-13(7-9-18)10-17(21)22/h1-5,13H,6-12H2,(H,21,22). The van der Waals surface area contributed by atoms with Crippen molar-refractivity contribution in [1.82, 2.24) is 4.90 Å². The summed E-state index contributed by atoms with van der Waals surface area (Å²) < 4.78 is 0. The van der Waals surface area contributed by atoms with Gasteiger partial charge in [0.25, 0.3) is 0 Å². The van der Waals surface area contributed by atoms with Crippen LogP contribution in [0.4, 0.5) is 0 Å². The van der Waals surface area contributed by atoms with Gasteiger partial charge in [0.1, 0.15) is 0 Å². The van der Waals surface area contributed by atoms with Gasteiger partial charge in [-0.2, -0.15) is 0 Å². The number of benzene rings is 1. The summed E-state index contributed by atoms with van der Waals surface area (Å²) >= 11 is 1.33. The molecule has 0 radical (unpaired) electrons. The summed E-state index contributed by atoms with van der Waals surface area (Å²) in [6.45, 7) is 1.23. The van der Waals surface area contributed by atoms with E-state index in [9.17, 15) is 14.4 Å². The molecule has 1 saturated heterocycles. The van der Waals surface area contributed by atoms with Crippen LogP contribution in [-0.4, -0.2) is 52.3 Å². The quantitative estimate of drug-likeness (QED) is 0.774. The van der Waals surface area contributed by atoms with Gasteiger partial charge in [0.2, 0.25) is 5.91 Å². The molecule has 1 aromatic rings. The number of piperidine rings is 1. The number of hydrogen-bond donors (Lipinski definition) is 1. The van der Waals surface area contributed by atoms with Crippen molar-refractivity contribution < 1.29 is 19.5 Å². The normalized spacial score (nSPS) is 15.4. The van der Waals surface area contributed by atoms with Gasteiger partial charge in [0, 0.05) is 25.1 Å². The third-order valence-electron chi connectivity index (χ3n) is 3.98. The first-order valence-corrected chi connectivity index (χ1v) is 8.87. The Balaban J connectivity index is 1.68. The summed E-state index contributed by atoms with van der Waals surface area (Å²) in [6, 6.07) is 9.06. The first kappa shape index (κ1) is 17.5. The summed E-state index contributed by atoms with van der Waals surface area (Å²) in [5.41, 5.74) is 0.668.